The number of rotatable bonds is 9. The molecule has 0 aromatic heterocycles. The Bertz CT molecular complexity index is 1720. The monoisotopic (exact) mass is 667 g/mol. The van der Waals surface area contributed by atoms with Crippen LogP contribution in [0.3, 0.4) is 0 Å². The lowest BCUT2D eigenvalue weighted by molar-refractivity contribution is 0.1000. The molecule has 0 radical (unpaired) electrons. The maximum Gasteiger partial charge on any atom is 0.163 e. The maximum atomic E-state index is 11.5. The van der Waals surface area contributed by atoms with Gasteiger partial charge in [0.2, 0.25) is 0 Å². The summed E-state index contributed by atoms with van der Waals surface area (Å²) in [5, 5.41) is 17.9. The molecule has 0 unspecified atom stereocenters. The van der Waals surface area contributed by atoms with Gasteiger partial charge in [0.25, 0.3) is 0 Å². The molecule has 0 bridgehead atoms. The number of ether oxygens (including phenoxy) is 2. The number of hydrogen-bond acceptors (Lipinski definition) is 7. The minimum Gasteiger partial charge on any atom is -0.508 e. The number of benzene rings is 5. The van der Waals surface area contributed by atoms with Crippen molar-refractivity contribution in [2.75, 3.05) is 7.15 Å². The van der Waals surface area contributed by atoms with E-state index in [9.17, 15) is 18.8 Å². The highest BCUT2D eigenvalue weighted by molar-refractivity contribution is 5.97. The number of alkyl halides is 1. The van der Waals surface area contributed by atoms with Crippen molar-refractivity contribution in [1.29, 1.82) is 0 Å². The van der Waals surface area contributed by atoms with Crippen LogP contribution in [0.2, 0.25) is 0 Å². The summed E-state index contributed by atoms with van der Waals surface area (Å²) in [5.74, 6) is 0.918. The SMILES string of the molecule is CC(=O)c1ccc(C)cc1OCc1ccccc1.CC(=O)c1ccc(C)cc1OCc1ccccc1.CC(=O)c1ccc(O)cc1O.[2H]CF. The summed E-state index contributed by atoms with van der Waals surface area (Å²) in [4.78, 5) is 33.8. The molecule has 8 heteroatoms. The Labute approximate surface area is 289 Å². The van der Waals surface area contributed by atoms with Crippen molar-refractivity contribution in [3.63, 3.8) is 0 Å². The van der Waals surface area contributed by atoms with Gasteiger partial charge in [-0.2, -0.15) is 0 Å². The van der Waals surface area contributed by atoms with Gasteiger partial charge in [-0.25, -0.2) is 0 Å². The van der Waals surface area contributed by atoms with Crippen molar-refractivity contribution in [2.24, 2.45) is 0 Å². The first kappa shape index (κ1) is 37.7. The molecule has 0 spiro atoms. The fourth-order valence-electron chi connectivity index (χ4n) is 4.37. The number of carbonyl (C=O) groups excluding carboxylic acids is 3. The molecular weight excluding hydrogens is 623 g/mol. The third-order valence-corrected chi connectivity index (χ3v) is 6.87. The smallest absolute Gasteiger partial charge is 0.163 e. The molecule has 0 heterocycles. The molecule has 256 valence electrons. The highest BCUT2D eigenvalue weighted by atomic mass is 19.1. The van der Waals surface area contributed by atoms with E-state index < -0.39 is 7.15 Å². The predicted molar refractivity (Wildman–Crippen MR) is 191 cm³/mol. The van der Waals surface area contributed by atoms with Crippen molar-refractivity contribution >= 4 is 17.3 Å². The van der Waals surface area contributed by atoms with Gasteiger partial charge in [0, 0.05) is 6.07 Å². The van der Waals surface area contributed by atoms with Crippen LogP contribution in [0, 0.1) is 13.8 Å². The average Bonchev–Trinajstić information content (AvgIpc) is 3.08. The highest BCUT2D eigenvalue weighted by Gasteiger charge is 2.10. The number of hydrogen-bond donors (Lipinski definition) is 2. The average molecular weight is 668 g/mol. The van der Waals surface area contributed by atoms with E-state index in [2.05, 4.69) is 0 Å². The van der Waals surface area contributed by atoms with Crippen LogP contribution in [0.4, 0.5) is 4.39 Å². The minimum atomic E-state index is -1.00. The van der Waals surface area contributed by atoms with Crippen LogP contribution in [0.1, 0.15) is 75.5 Å². The second-order valence-corrected chi connectivity index (χ2v) is 10.9. The van der Waals surface area contributed by atoms with Gasteiger partial charge in [-0.05, 0) is 93.3 Å². The molecule has 0 aliphatic rings. The number of aryl methyl sites for hydroxylation is 2. The lowest BCUT2D eigenvalue weighted by Gasteiger charge is -2.10. The quantitative estimate of drug-likeness (QED) is 0.151. The fourth-order valence-corrected chi connectivity index (χ4v) is 4.37. The number of carbonyl (C=O) groups is 3. The number of halogens is 1. The molecular formula is C41H43FO7. The van der Waals surface area contributed by atoms with E-state index in [0.29, 0.717) is 35.8 Å². The molecule has 7 nitrogen and oxygen atoms in total. The largest absolute Gasteiger partial charge is 0.508 e. The third-order valence-electron chi connectivity index (χ3n) is 6.87. The van der Waals surface area contributed by atoms with Gasteiger partial charge in [0.15, 0.2) is 17.3 Å². The molecule has 5 rings (SSSR count). The second-order valence-electron chi connectivity index (χ2n) is 10.9. The van der Waals surface area contributed by atoms with E-state index in [1.165, 1.54) is 19.1 Å². The Morgan fingerprint density at radius 3 is 1.31 bits per heavy atom. The van der Waals surface area contributed by atoms with E-state index >= 15 is 0 Å². The predicted octanol–water partition coefficient (Wildman–Crippen LogP) is 9.44. The first-order valence-electron chi connectivity index (χ1n) is 16.0. The van der Waals surface area contributed by atoms with Gasteiger partial charge >= 0.3 is 0 Å². The van der Waals surface area contributed by atoms with Crippen LogP contribution in [0.5, 0.6) is 23.0 Å². The van der Waals surface area contributed by atoms with Gasteiger partial charge in [-0.15, -0.1) is 0 Å². The minimum absolute atomic E-state index is 0.0260. The third kappa shape index (κ3) is 13.5. The summed E-state index contributed by atoms with van der Waals surface area (Å²) in [6.07, 6.45) is 0. The Hall–Kier alpha value is -5.76. The zero-order valence-corrected chi connectivity index (χ0v) is 28.4. The van der Waals surface area contributed by atoms with Crippen molar-refractivity contribution < 1.29 is 39.8 Å². The van der Waals surface area contributed by atoms with Gasteiger partial charge in [0.1, 0.15) is 36.2 Å². The van der Waals surface area contributed by atoms with Crippen molar-refractivity contribution in [1.82, 2.24) is 0 Å². The van der Waals surface area contributed by atoms with Crippen LogP contribution in [-0.4, -0.2) is 34.7 Å². The Morgan fingerprint density at radius 2 is 0.959 bits per heavy atom. The lowest BCUT2D eigenvalue weighted by Crippen LogP contribution is -2.02. The normalized spacial score (nSPS) is 9.96. The first-order valence-corrected chi connectivity index (χ1v) is 15.3. The lowest BCUT2D eigenvalue weighted by atomic mass is 10.1. The molecule has 0 fully saturated rings. The van der Waals surface area contributed by atoms with Gasteiger partial charge in [0.05, 0.1) is 25.2 Å². The van der Waals surface area contributed by atoms with Gasteiger partial charge in [-0.1, -0.05) is 72.8 Å². The van der Waals surface area contributed by atoms with Crippen LogP contribution in [0.25, 0.3) is 0 Å². The molecule has 2 N–H and O–H groups in total. The zero-order chi connectivity index (χ0) is 37.1. The Kier molecular flexibility index (Phi) is 15.7. The van der Waals surface area contributed by atoms with E-state index in [0.717, 1.165) is 28.3 Å². The molecule has 0 amide bonds. The molecule has 0 saturated carbocycles. The molecule has 0 aliphatic heterocycles. The second kappa shape index (κ2) is 20.5. The molecule has 0 saturated heterocycles. The summed E-state index contributed by atoms with van der Waals surface area (Å²) in [5.41, 5.74) is 5.85. The number of phenols is 2. The number of Topliss-reactive ketones (excluding diaryl/α,β-unsaturated/α-hetero) is 3. The van der Waals surface area contributed by atoms with Crippen molar-refractivity contribution in [3.8, 4) is 23.0 Å². The summed E-state index contributed by atoms with van der Waals surface area (Å²) >= 11 is 0. The Morgan fingerprint density at radius 1 is 0.592 bits per heavy atom. The highest BCUT2D eigenvalue weighted by Crippen LogP contribution is 2.24. The number of phenolic OH excluding ortho intramolecular Hbond substituents is 2. The maximum absolute atomic E-state index is 11.5. The zero-order valence-electron chi connectivity index (χ0n) is 29.4. The van der Waals surface area contributed by atoms with Crippen LogP contribution in [-0.2, 0) is 13.2 Å². The summed E-state index contributed by atoms with van der Waals surface area (Å²) in [6, 6.07) is 35.0. The van der Waals surface area contributed by atoms with Crippen molar-refractivity contribution in [3.05, 3.63) is 154 Å². The van der Waals surface area contributed by atoms with E-state index in [1.54, 1.807) is 13.8 Å². The summed E-state index contributed by atoms with van der Waals surface area (Å²) in [7, 11) is -1.00. The van der Waals surface area contributed by atoms with Gasteiger partial charge < -0.3 is 19.7 Å². The molecule has 5 aromatic carbocycles. The standard InChI is InChI=1S/2C16H16O2.C8H8O3.CH3F/c2*1-12-8-9-15(13(2)17)16(10-12)18-11-14-6-4-3-5-7-14;1-5(9)7-3-2-6(10)4-8(7)11;1-2/h2*3-10H,11H2,1-2H3;2-4,10-11H,1H3;1H3/i;;;1D. The first-order chi connectivity index (χ1) is 23.9. The molecule has 0 atom stereocenters. The molecule has 0 aliphatic carbocycles. The topological polar surface area (TPSA) is 110 Å². The number of aromatic hydroxyl groups is 2. The summed E-state index contributed by atoms with van der Waals surface area (Å²) in [6.45, 7) is 9.39. The van der Waals surface area contributed by atoms with E-state index in [4.69, 9.17) is 21.1 Å². The fraction of sp³-hybridized carbons (Fsp3) is 0.195. The van der Waals surface area contributed by atoms with E-state index in [-0.39, 0.29) is 34.4 Å². The molecule has 49 heavy (non-hydrogen) atoms. The number of ketones is 3. The van der Waals surface area contributed by atoms with Crippen LogP contribution >= 0.6 is 0 Å². The van der Waals surface area contributed by atoms with Crippen LogP contribution in [0.15, 0.2) is 115 Å². The van der Waals surface area contributed by atoms with Gasteiger partial charge in [-0.3, -0.25) is 18.8 Å². The Balaban J connectivity index is 0.000000257. The van der Waals surface area contributed by atoms with E-state index in [1.807, 2.05) is 111 Å². The van der Waals surface area contributed by atoms with Crippen LogP contribution < -0.4 is 9.47 Å². The summed E-state index contributed by atoms with van der Waals surface area (Å²) < 4.78 is 27.0. The molecule has 5 aromatic rings. The van der Waals surface area contributed by atoms with Crippen molar-refractivity contribution in [2.45, 2.75) is 47.8 Å².